The number of hydrazine groups is 2. The lowest BCUT2D eigenvalue weighted by molar-refractivity contribution is -0.136. The fourth-order valence-electron chi connectivity index (χ4n) is 8.15. The molecule has 4 amide bonds. The van der Waals surface area contributed by atoms with Crippen molar-refractivity contribution in [3.63, 3.8) is 0 Å². The van der Waals surface area contributed by atoms with Crippen molar-refractivity contribution in [2.24, 2.45) is 17.6 Å². The number of benzene rings is 3. The standard InChI is InChI=1S/C44H58N10O7/c1-7-10-11-12-27(4)36(9-3)52(41(56)25-54(46)44(58)60-6)23-39-48-34-16-14-28-19-33-31-15-13-29(18-30(31)26-61-37(33)20-32(28)42(34)50-39)35-21-47-38(49-35)22-51(17-8-2)40(55)24-53(45)43(57)59-5/h13-16,18-21,27,36H,7-12,17,22-26,45-46H2,1-6H3,(H,47,49)(H,48,50)/t27-,36?/m0/s1. The van der Waals surface area contributed by atoms with Crippen LogP contribution in [-0.2, 0) is 38.8 Å². The second kappa shape index (κ2) is 19.9. The minimum Gasteiger partial charge on any atom is -0.488 e. The number of methoxy groups -OCH3 is 2. The number of fused-ring (bicyclic) bond motifs is 6. The van der Waals surface area contributed by atoms with Crippen LogP contribution in [0, 0.1) is 5.92 Å². The zero-order valence-corrected chi connectivity index (χ0v) is 36.0. The van der Waals surface area contributed by atoms with E-state index in [0.29, 0.717) is 31.2 Å². The van der Waals surface area contributed by atoms with E-state index < -0.39 is 12.2 Å². The highest BCUT2D eigenvalue weighted by atomic mass is 16.5. The van der Waals surface area contributed by atoms with Crippen molar-refractivity contribution in [2.75, 3.05) is 33.9 Å². The Labute approximate surface area is 355 Å². The van der Waals surface area contributed by atoms with E-state index in [2.05, 4.69) is 64.7 Å². The average Bonchev–Trinajstić information content (AvgIpc) is 3.92. The monoisotopic (exact) mass is 838 g/mol. The Bertz CT molecular complexity index is 2360. The molecule has 6 rings (SSSR count). The van der Waals surface area contributed by atoms with Gasteiger partial charge in [-0.25, -0.2) is 41.3 Å². The van der Waals surface area contributed by atoms with Gasteiger partial charge < -0.3 is 34.0 Å². The third-order valence-electron chi connectivity index (χ3n) is 11.3. The van der Waals surface area contributed by atoms with Crippen molar-refractivity contribution < 1.29 is 33.4 Å². The molecule has 3 heterocycles. The van der Waals surface area contributed by atoms with Crippen LogP contribution in [0.2, 0.25) is 0 Å². The highest BCUT2D eigenvalue weighted by molar-refractivity contribution is 6.07. The number of nitrogens with one attached hydrogen (secondary N) is 2. The Morgan fingerprint density at radius 3 is 2.28 bits per heavy atom. The molecule has 1 aliphatic rings. The van der Waals surface area contributed by atoms with Crippen molar-refractivity contribution in [3.05, 3.63) is 65.9 Å². The van der Waals surface area contributed by atoms with Crippen molar-refractivity contribution in [1.29, 1.82) is 0 Å². The zero-order valence-electron chi connectivity index (χ0n) is 36.0. The van der Waals surface area contributed by atoms with E-state index in [9.17, 15) is 19.2 Å². The van der Waals surface area contributed by atoms with Crippen LogP contribution >= 0.6 is 0 Å². The maximum Gasteiger partial charge on any atom is 0.424 e. The van der Waals surface area contributed by atoms with E-state index in [-0.39, 0.29) is 50.0 Å². The molecule has 6 N–H and O–H groups in total. The van der Waals surface area contributed by atoms with E-state index in [1.165, 1.54) is 14.2 Å². The summed E-state index contributed by atoms with van der Waals surface area (Å²) < 4.78 is 15.7. The lowest BCUT2D eigenvalue weighted by Crippen LogP contribution is -2.50. The Morgan fingerprint density at radius 1 is 0.852 bits per heavy atom. The number of H-pyrrole nitrogens is 2. The van der Waals surface area contributed by atoms with Crippen LogP contribution in [0.1, 0.15) is 83.4 Å². The summed E-state index contributed by atoms with van der Waals surface area (Å²) >= 11 is 0. The van der Waals surface area contributed by atoms with Gasteiger partial charge in [-0.15, -0.1) is 0 Å². The number of amides is 4. The minimum atomic E-state index is -0.793. The van der Waals surface area contributed by atoms with Crippen LogP contribution in [0.25, 0.3) is 44.2 Å². The summed E-state index contributed by atoms with van der Waals surface area (Å²) in [7, 11) is 2.44. The van der Waals surface area contributed by atoms with Gasteiger partial charge in [-0.2, -0.15) is 0 Å². The van der Waals surface area contributed by atoms with Crippen molar-refractivity contribution >= 4 is 45.8 Å². The van der Waals surface area contributed by atoms with E-state index in [0.717, 1.165) is 97.6 Å². The molecule has 3 aromatic carbocycles. The number of ether oxygens (including phenoxy) is 3. The van der Waals surface area contributed by atoms with Crippen LogP contribution in [0.5, 0.6) is 5.75 Å². The van der Waals surface area contributed by atoms with Gasteiger partial charge in [-0.1, -0.05) is 65.2 Å². The molecule has 0 aliphatic carbocycles. The van der Waals surface area contributed by atoms with Crippen LogP contribution in [0.4, 0.5) is 9.59 Å². The van der Waals surface area contributed by atoms with Gasteiger partial charge >= 0.3 is 12.2 Å². The lowest BCUT2D eigenvalue weighted by Gasteiger charge is -2.35. The summed E-state index contributed by atoms with van der Waals surface area (Å²) in [5.41, 5.74) is 6.34. The SMILES string of the molecule is CCCCC[C@H](C)C(CC)N(Cc1nc2c(ccc3cc4c(cc32)OCc2cc(-c3cnc(CN(CCC)C(=O)CN(N)C(=O)OC)[nH]3)ccc2-4)[nH]1)C(=O)CN(N)C(=O)OC. The topological polar surface area (TPSA) is 218 Å². The summed E-state index contributed by atoms with van der Waals surface area (Å²) in [6.45, 7) is 9.01. The van der Waals surface area contributed by atoms with Gasteiger partial charge in [0.15, 0.2) is 0 Å². The third kappa shape index (κ3) is 10.1. The number of nitrogens with two attached hydrogens (primary N) is 2. The summed E-state index contributed by atoms with van der Waals surface area (Å²) in [5.74, 6) is 13.2. The minimum absolute atomic E-state index is 0.0904. The molecule has 2 atom stereocenters. The van der Waals surface area contributed by atoms with Gasteiger partial charge in [-0.3, -0.25) is 9.59 Å². The highest BCUT2D eigenvalue weighted by Crippen LogP contribution is 2.42. The summed E-state index contributed by atoms with van der Waals surface area (Å²) in [6, 6.07) is 14.3. The molecule has 17 nitrogen and oxygen atoms in total. The molecular formula is C44H58N10O7. The number of imidazole rings is 2. The molecule has 2 aromatic heterocycles. The summed E-state index contributed by atoms with van der Waals surface area (Å²) in [4.78, 5) is 70.5. The number of hydrogen-bond donors (Lipinski definition) is 4. The van der Waals surface area contributed by atoms with E-state index >= 15 is 0 Å². The Hall–Kier alpha value is -6.20. The molecule has 0 spiro atoms. The van der Waals surface area contributed by atoms with Crippen LogP contribution in [-0.4, -0.2) is 104 Å². The summed E-state index contributed by atoms with van der Waals surface area (Å²) in [6.07, 6.45) is 5.89. The molecule has 5 aromatic rings. The van der Waals surface area contributed by atoms with Gasteiger partial charge in [0.05, 0.1) is 50.2 Å². The normalized spacial score (nSPS) is 12.9. The fourth-order valence-corrected chi connectivity index (χ4v) is 8.15. The molecule has 0 saturated carbocycles. The molecule has 1 aliphatic heterocycles. The first kappa shape index (κ1) is 44.4. The molecule has 0 bridgehead atoms. The molecule has 0 fully saturated rings. The molecule has 17 heteroatoms. The number of unbranched alkanes of at least 4 members (excludes halogenated alkanes) is 2. The molecule has 0 radical (unpaired) electrons. The number of nitrogens with zero attached hydrogens (tertiary/aromatic N) is 6. The predicted molar refractivity (Wildman–Crippen MR) is 231 cm³/mol. The van der Waals surface area contributed by atoms with Crippen LogP contribution < -0.4 is 16.4 Å². The van der Waals surface area contributed by atoms with Gasteiger partial charge in [0, 0.05) is 23.5 Å². The first-order valence-corrected chi connectivity index (χ1v) is 20.9. The number of aromatic amines is 2. The van der Waals surface area contributed by atoms with Crippen LogP contribution in [0.3, 0.4) is 0 Å². The second-order valence-corrected chi connectivity index (χ2v) is 15.6. The fraction of sp³-hybridized carbons (Fsp3) is 0.455. The Morgan fingerprint density at radius 2 is 1.59 bits per heavy atom. The van der Waals surface area contributed by atoms with Gasteiger partial charge in [0.2, 0.25) is 11.8 Å². The number of hydrogen-bond acceptors (Lipinski definition) is 11. The number of rotatable bonds is 18. The lowest BCUT2D eigenvalue weighted by atomic mass is 9.92. The first-order valence-electron chi connectivity index (χ1n) is 20.9. The van der Waals surface area contributed by atoms with Gasteiger partial charge in [0.1, 0.15) is 37.1 Å². The maximum atomic E-state index is 13.8. The van der Waals surface area contributed by atoms with Crippen LogP contribution in [0.15, 0.2) is 48.7 Å². The smallest absolute Gasteiger partial charge is 0.424 e. The van der Waals surface area contributed by atoms with Crippen molar-refractivity contribution in [1.82, 2.24) is 39.8 Å². The van der Waals surface area contributed by atoms with E-state index in [4.69, 9.17) is 26.1 Å². The summed E-state index contributed by atoms with van der Waals surface area (Å²) in [5, 5.41) is 3.45. The number of aromatic nitrogens is 4. The molecular weight excluding hydrogens is 781 g/mol. The molecule has 326 valence electrons. The highest BCUT2D eigenvalue weighted by Gasteiger charge is 2.30. The van der Waals surface area contributed by atoms with E-state index in [1.54, 1.807) is 16.0 Å². The predicted octanol–water partition coefficient (Wildman–Crippen LogP) is 6.61. The van der Waals surface area contributed by atoms with Gasteiger partial charge in [0.25, 0.3) is 0 Å². The second-order valence-electron chi connectivity index (χ2n) is 15.6. The Balaban J connectivity index is 1.23. The Kier molecular flexibility index (Phi) is 14.5. The third-order valence-corrected chi connectivity index (χ3v) is 11.3. The largest absolute Gasteiger partial charge is 0.488 e. The van der Waals surface area contributed by atoms with Crippen molar-refractivity contribution in [2.45, 2.75) is 92.0 Å². The van der Waals surface area contributed by atoms with Gasteiger partial charge in [-0.05, 0) is 71.5 Å². The number of carbonyl (C=O) groups excluding carboxylic acids is 4. The molecule has 0 saturated heterocycles. The average molecular weight is 839 g/mol. The van der Waals surface area contributed by atoms with E-state index in [1.807, 2.05) is 25.1 Å². The quantitative estimate of drug-likeness (QED) is 0.0318. The molecule has 61 heavy (non-hydrogen) atoms. The van der Waals surface area contributed by atoms with Crippen molar-refractivity contribution in [3.8, 4) is 28.1 Å². The first-order chi connectivity index (χ1) is 29.4. The zero-order chi connectivity index (χ0) is 43.8. The number of carbonyl (C=O) groups is 4. The maximum absolute atomic E-state index is 13.8. The molecule has 1 unspecified atom stereocenters.